The minimum absolute atomic E-state index is 0.102. The molecular formula is C20H24N4O4. The number of rotatable bonds is 5. The summed E-state index contributed by atoms with van der Waals surface area (Å²) in [5.41, 5.74) is 1.55. The van der Waals surface area contributed by atoms with Gasteiger partial charge in [0.15, 0.2) is 0 Å². The Morgan fingerprint density at radius 3 is 2.50 bits per heavy atom. The maximum absolute atomic E-state index is 13.0. The zero-order valence-electron chi connectivity index (χ0n) is 16.0. The SMILES string of the molecule is CC(=O)N(CC(=O)N1CC(C(=O)O)CC(c2cnn(C)c2)C1)c1ccccc1. The number of aromatic nitrogens is 2. The third-order valence-electron chi connectivity index (χ3n) is 5.09. The number of nitrogens with zero attached hydrogens (tertiary/aromatic N) is 4. The normalized spacial score (nSPS) is 19.3. The number of amides is 2. The van der Waals surface area contributed by atoms with Crippen molar-refractivity contribution in [3.05, 3.63) is 48.3 Å². The number of carbonyl (C=O) groups is 3. The van der Waals surface area contributed by atoms with Crippen molar-refractivity contribution in [3.8, 4) is 0 Å². The molecule has 1 fully saturated rings. The summed E-state index contributed by atoms with van der Waals surface area (Å²) < 4.78 is 1.67. The summed E-state index contributed by atoms with van der Waals surface area (Å²) in [5.74, 6) is -2.17. The quantitative estimate of drug-likeness (QED) is 0.843. The van der Waals surface area contributed by atoms with Gasteiger partial charge in [0.25, 0.3) is 0 Å². The minimum atomic E-state index is -0.919. The van der Waals surface area contributed by atoms with Crippen LogP contribution < -0.4 is 4.90 Å². The Labute approximate surface area is 163 Å². The molecule has 1 aliphatic heterocycles. The second-order valence-electron chi connectivity index (χ2n) is 7.15. The summed E-state index contributed by atoms with van der Waals surface area (Å²) in [6.07, 6.45) is 4.02. The van der Waals surface area contributed by atoms with Crippen molar-refractivity contribution in [1.82, 2.24) is 14.7 Å². The number of aryl methyl sites for hydroxylation is 1. The predicted octanol–water partition coefficient (Wildman–Crippen LogP) is 1.49. The highest BCUT2D eigenvalue weighted by molar-refractivity contribution is 5.97. The monoisotopic (exact) mass is 384 g/mol. The number of piperidine rings is 1. The fraction of sp³-hybridized carbons (Fsp3) is 0.400. The second-order valence-corrected chi connectivity index (χ2v) is 7.15. The summed E-state index contributed by atoms with van der Waals surface area (Å²) >= 11 is 0. The molecule has 2 aromatic rings. The van der Waals surface area contributed by atoms with Gasteiger partial charge in [-0.25, -0.2) is 0 Å². The lowest BCUT2D eigenvalue weighted by atomic mass is 9.85. The molecule has 2 amide bonds. The molecule has 0 aliphatic carbocycles. The zero-order chi connectivity index (χ0) is 20.3. The average Bonchev–Trinajstić information content (AvgIpc) is 3.12. The Kier molecular flexibility index (Phi) is 5.77. The summed E-state index contributed by atoms with van der Waals surface area (Å²) in [6.45, 7) is 1.85. The van der Waals surface area contributed by atoms with E-state index in [1.165, 1.54) is 11.8 Å². The van der Waals surface area contributed by atoms with Crippen LogP contribution in [-0.4, -0.2) is 57.2 Å². The van der Waals surface area contributed by atoms with Gasteiger partial charge in [0.2, 0.25) is 11.8 Å². The third-order valence-corrected chi connectivity index (χ3v) is 5.09. The van der Waals surface area contributed by atoms with Crippen molar-refractivity contribution in [2.75, 3.05) is 24.5 Å². The molecule has 28 heavy (non-hydrogen) atoms. The van der Waals surface area contributed by atoms with Gasteiger partial charge in [-0.2, -0.15) is 5.10 Å². The fourth-order valence-electron chi connectivity index (χ4n) is 3.60. The van der Waals surface area contributed by atoms with E-state index in [1.807, 2.05) is 12.3 Å². The van der Waals surface area contributed by atoms with Crippen LogP contribution in [0.1, 0.15) is 24.8 Å². The van der Waals surface area contributed by atoms with Crippen molar-refractivity contribution in [2.45, 2.75) is 19.3 Å². The topological polar surface area (TPSA) is 95.7 Å². The van der Waals surface area contributed by atoms with E-state index in [0.29, 0.717) is 18.7 Å². The molecule has 1 saturated heterocycles. The first kappa shape index (κ1) is 19.6. The molecule has 1 aromatic heterocycles. The number of benzene rings is 1. The van der Waals surface area contributed by atoms with Crippen LogP contribution in [0.15, 0.2) is 42.7 Å². The van der Waals surface area contributed by atoms with Crippen LogP contribution in [0.3, 0.4) is 0 Å². The predicted molar refractivity (Wildman–Crippen MR) is 103 cm³/mol. The highest BCUT2D eigenvalue weighted by Crippen LogP contribution is 2.30. The molecule has 0 bridgehead atoms. The van der Waals surface area contributed by atoms with Crippen LogP contribution in [0.5, 0.6) is 0 Å². The molecular weight excluding hydrogens is 360 g/mol. The van der Waals surface area contributed by atoms with Gasteiger partial charge in [-0.15, -0.1) is 0 Å². The van der Waals surface area contributed by atoms with Crippen molar-refractivity contribution in [2.24, 2.45) is 13.0 Å². The molecule has 0 saturated carbocycles. The summed E-state index contributed by atoms with van der Waals surface area (Å²) in [6, 6.07) is 8.97. The zero-order valence-corrected chi connectivity index (χ0v) is 16.0. The van der Waals surface area contributed by atoms with E-state index in [-0.39, 0.29) is 30.8 Å². The Balaban J connectivity index is 1.78. The fourth-order valence-corrected chi connectivity index (χ4v) is 3.60. The van der Waals surface area contributed by atoms with Crippen LogP contribution >= 0.6 is 0 Å². The molecule has 148 valence electrons. The number of para-hydroxylation sites is 1. The van der Waals surface area contributed by atoms with Gasteiger partial charge in [0, 0.05) is 44.9 Å². The van der Waals surface area contributed by atoms with E-state index >= 15 is 0 Å². The van der Waals surface area contributed by atoms with Crippen molar-refractivity contribution >= 4 is 23.5 Å². The maximum atomic E-state index is 13.0. The van der Waals surface area contributed by atoms with Crippen LogP contribution in [0, 0.1) is 5.92 Å². The standard InChI is InChI=1S/C20H24N4O4/c1-14(25)24(18-6-4-3-5-7-18)13-19(26)23-11-15(8-16(12-23)20(27)28)17-9-21-22(2)10-17/h3-7,9-10,15-16H,8,11-13H2,1-2H3,(H,27,28). The molecule has 8 heteroatoms. The van der Waals surface area contributed by atoms with Crippen LogP contribution in [0.25, 0.3) is 0 Å². The van der Waals surface area contributed by atoms with E-state index in [1.54, 1.807) is 47.1 Å². The van der Waals surface area contributed by atoms with E-state index in [4.69, 9.17) is 0 Å². The maximum Gasteiger partial charge on any atom is 0.308 e. The van der Waals surface area contributed by atoms with Gasteiger partial charge in [-0.3, -0.25) is 19.1 Å². The number of aliphatic carboxylic acids is 1. The van der Waals surface area contributed by atoms with Gasteiger partial charge in [0.1, 0.15) is 6.54 Å². The number of hydrogen-bond donors (Lipinski definition) is 1. The van der Waals surface area contributed by atoms with Crippen molar-refractivity contribution in [1.29, 1.82) is 0 Å². The van der Waals surface area contributed by atoms with E-state index in [0.717, 1.165) is 5.56 Å². The number of carboxylic acids is 1. The molecule has 8 nitrogen and oxygen atoms in total. The van der Waals surface area contributed by atoms with E-state index in [2.05, 4.69) is 5.10 Å². The number of likely N-dealkylation sites (tertiary alicyclic amines) is 1. The first-order valence-corrected chi connectivity index (χ1v) is 9.17. The highest BCUT2D eigenvalue weighted by Gasteiger charge is 2.35. The van der Waals surface area contributed by atoms with Gasteiger partial charge >= 0.3 is 5.97 Å². The minimum Gasteiger partial charge on any atom is -0.481 e. The Hall–Kier alpha value is -3.16. The first-order valence-electron chi connectivity index (χ1n) is 9.17. The Morgan fingerprint density at radius 1 is 1.21 bits per heavy atom. The van der Waals surface area contributed by atoms with Crippen LogP contribution in [0.4, 0.5) is 5.69 Å². The highest BCUT2D eigenvalue weighted by atomic mass is 16.4. The summed E-state index contributed by atoms with van der Waals surface area (Å²) in [5, 5.41) is 13.7. The lowest BCUT2D eigenvalue weighted by Crippen LogP contribution is -2.49. The molecule has 0 spiro atoms. The number of carbonyl (C=O) groups excluding carboxylic acids is 2. The molecule has 1 aromatic carbocycles. The van der Waals surface area contributed by atoms with Crippen LogP contribution in [-0.2, 0) is 21.4 Å². The smallest absolute Gasteiger partial charge is 0.308 e. The van der Waals surface area contributed by atoms with Crippen molar-refractivity contribution in [3.63, 3.8) is 0 Å². The number of hydrogen-bond acceptors (Lipinski definition) is 4. The largest absolute Gasteiger partial charge is 0.481 e. The second kappa shape index (κ2) is 8.24. The van der Waals surface area contributed by atoms with Crippen molar-refractivity contribution < 1.29 is 19.5 Å². The molecule has 3 rings (SSSR count). The average molecular weight is 384 g/mol. The summed E-state index contributed by atoms with van der Waals surface area (Å²) in [4.78, 5) is 39.6. The Bertz CT molecular complexity index is 864. The summed E-state index contributed by atoms with van der Waals surface area (Å²) in [7, 11) is 1.80. The first-order chi connectivity index (χ1) is 13.3. The van der Waals surface area contributed by atoms with Gasteiger partial charge in [0.05, 0.1) is 12.1 Å². The molecule has 0 radical (unpaired) electrons. The molecule has 2 unspecified atom stereocenters. The molecule has 1 N–H and O–H groups in total. The lowest BCUT2D eigenvalue weighted by molar-refractivity contribution is -0.146. The van der Waals surface area contributed by atoms with E-state index < -0.39 is 11.9 Å². The number of carboxylic acid groups (broad SMARTS) is 1. The lowest BCUT2D eigenvalue weighted by Gasteiger charge is -2.37. The van der Waals surface area contributed by atoms with Crippen LogP contribution in [0.2, 0.25) is 0 Å². The Morgan fingerprint density at radius 2 is 1.93 bits per heavy atom. The molecule has 1 aliphatic rings. The van der Waals surface area contributed by atoms with Gasteiger partial charge in [-0.05, 0) is 24.1 Å². The van der Waals surface area contributed by atoms with Gasteiger partial charge in [-0.1, -0.05) is 18.2 Å². The third kappa shape index (κ3) is 4.39. The number of anilines is 1. The molecule has 2 atom stereocenters. The van der Waals surface area contributed by atoms with Gasteiger partial charge < -0.3 is 14.9 Å². The molecule has 2 heterocycles. The van der Waals surface area contributed by atoms with E-state index in [9.17, 15) is 19.5 Å².